The lowest BCUT2D eigenvalue weighted by molar-refractivity contribution is -0.384. The summed E-state index contributed by atoms with van der Waals surface area (Å²) in [4.78, 5) is 28.1. The maximum Gasteiger partial charge on any atom is 0.288 e. The van der Waals surface area contributed by atoms with Gasteiger partial charge in [0.05, 0.1) is 17.2 Å². The minimum absolute atomic E-state index is 0.00245. The van der Waals surface area contributed by atoms with E-state index in [-0.39, 0.29) is 16.3 Å². The van der Waals surface area contributed by atoms with Crippen LogP contribution >= 0.6 is 22.9 Å². The summed E-state index contributed by atoms with van der Waals surface area (Å²) >= 11 is 7.28. The minimum Gasteiger partial charge on any atom is -0.347 e. The number of carbonyl (C=O) groups is 1. The smallest absolute Gasteiger partial charge is 0.288 e. The number of benzene rings is 2. The Morgan fingerprint density at radius 3 is 2.69 bits per heavy atom. The maximum absolute atomic E-state index is 12.3. The first-order chi connectivity index (χ1) is 12.5. The summed E-state index contributed by atoms with van der Waals surface area (Å²) in [7, 11) is 0. The highest BCUT2D eigenvalue weighted by atomic mass is 35.5. The van der Waals surface area contributed by atoms with Crippen molar-refractivity contribution in [2.75, 3.05) is 0 Å². The van der Waals surface area contributed by atoms with Crippen LogP contribution < -0.4 is 5.32 Å². The number of amides is 1. The molecule has 6 nitrogen and oxygen atoms in total. The second-order valence-corrected chi connectivity index (χ2v) is 6.99. The van der Waals surface area contributed by atoms with Gasteiger partial charge in [-0.2, -0.15) is 0 Å². The molecule has 3 aromatic rings. The average molecular weight is 388 g/mol. The fraction of sp³-hybridized carbons (Fsp3) is 0.111. The Morgan fingerprint density at radius 2 is 2.00 bits per heavy atom. The van der Waals surface area contributed by atoms with E-state index in [0.717, 1.165) is 21.1 Å². The number of halogens is 1. The normalized spacial score (nSPS) is 10.5. The molecule has 0 aliphatic carbocycles. The molecule has 0 radical (unpaired) electrons. The fourth-order valence-electron chi connectivity index (χ4n) is 2.35. The predicted molar refractivity (Wildman–Crippen MR) is 102 cm³/mol. The zero-order valence-electron chi connectivity index (χ0n) is 13.7. The zero-order valence-corrected chi connectivity index (χ0v) is 15.3. The molecule has 0 saturated carbocycles. The van der Waals surface area contributed by atoms with Crippen LogP contribution in [0.3, 0.4) is 0 Å². The van der Waals surface area contributed by atoms with Gasteiger partial charge < -0.3 is 5.32 Å². The summed E-state index contributed by atoms with van der Waals surface area (Å²) in [5.74, 6) is -0.404. The van der Waals surface area contributed by atoms with Gasteiger partial charge in [-0.15, -0.1) is 11.3 Å². The van der Waals surface area contributed by atoms with Crippen molar-refractivity contribution in [3.8, 4) is 10.6 Å². The second kappa shape index (κ2) is 7.63. The largest absolute Gasteiger partial charge is 0.347 e. The lowest BCUT2D eigenvalue weighted by Gasteiger charge is -2.05. The number of rotatable bonds is 5. The number of hydrogen-bond acceptors (Lipinski definition) is 5. The number of aryl methyl sites for hydroxylation is 1. The molecule has 1 heterocycles. The Hall–Kier alpha value is -2.77. The zero-order chi connectivity index (χ0) is 18.7. The molecule has 0 unspecified atom stereocenters. The van der Waals surface area contributed by atoms with Crippen LogP contribution in [0.15, 0.2) is 48.5 Å². The third-order valence-corrected chi connectivity index (χ3v) is 5.25. The van der Waals surface area contributed by atoms with Crippen molar-refractivity contribution in [1.82, 2.24) is 10.3 Å². The number of nitrogens with one attached hydrogen (secondary N) is 1. The van der Waals surface area contributed by atoms with Crippen LogP contribution in [0.4, 0.5) is 5.69 Å². The molecule has 3 rings (SSSR count). The number of carbonyl (C=O) groups excluding carboxylic acids is 1. The quantitative estimate of drug-likeness (QED) is 0.511. The molecule has 26 heavy (non-hydrogen) atoms. The summed E-state index contributed by atoms with van der Waals surface area (Å²) in [5, 5.41) is 14.6. The van der Waals surface area contributed by atoms with Gasteiger partial charge >= 0.3 is 0 Å². The van der Waals surface area contributed by atoms with Crippen LogP contribution in [0.2, 0.25) is 5.02 Å². The van der Waals surface area contributed by atoms with Crippen LogP contribution in [0.1, 0.15) is 20.9 Å². The molecule has 0 spiro atoms. The van der Waals surface area contributed by atoms with E-state index < -0.39 is 10.8 Å². The molecule has 0 atom stereocenters. The highest BCUT2D eigenvalue weighted by Crippen LogP contribution is 2.28. The molecule has 0 fully saturated rings. The Labute approximate surface area is 158 Å². The number of nitro benzene ring substituents is 1. The van der Waals surface area contributed by atoms with Crippen LogP contribution in [0.5, 0.6) is 0 Å². The molecule has 8 heteroatoms. The fourth-order valence-corrected chi connectivity index (χ4v) is 3.55. The van der Waals surface area contributed by atoms with Gasteiger partial charge in [0.25, 0.3) is 11.6 Å². The van der Waals surface area contributed by atoms with Crippen molar-refractivity contribution in [2.45, 2.75) is 13.5 Å². The third kappa shape index (κ3) is 3.89. The first-order valence-corrected chi connectivity index (χ1v) is 8.89. The topological polar surface area (TPSA) is 85.1 Å². The van der Waals surface area contributed by atoms with Gasteiger partial charge in [0.2, 0.25) is 0 Å². The highest BCUT2D eigenvalue weighted by Gasteiger charge is 2.17. The Balaban J connectivity index is 1.73. The van der Waals surface area contributed by atoms with Crippen LogP contribution in [0.25, 0.3) is 10.6 Å². The van der Waals surface area contributed by atoms with Gasteiger partial charge in [-0.1, -0.05) is 41.9 Å². The Bertz CT molecular complexity index is 973. The standard InChI is InChI=1S/C18H14ClN3O3S/c1-11-16(26-18(21-11)12-5-3-2-4-6-12)10-20-17(23)13-7-8-14(19)15(9-13)22(24)25/h2-9H,10H2,1H3,(H,20,23). The van der Waals surface area contributed by atoms with Crippen molar-refractivity contribution in [3.63, 3.8) is 0 Å². The van der Waals surface area contributed by atoms with Gasteiger partial charge in [-0.3, -0.25) is 14.9 Å². The van der Waals surface area contributed by atoms with E-state index >= 15 is 0 Å². The minimum atomic E-state index is -0.613. The second-order valence-electron chi connectivity index (χ2n) is 5.50. The summed E-state index contributed by atoms with van der Waals surface area (Å²) in [5.41, 5.74) is 1.76. The average Bonchev–Trinajstić information content (AvgIpc) is 3.01. The van der Waals surface area contributed by atoms with Crippen molar-refractivity contribution in [1.29, 1.82) is 0 Å². The van der Waals surface area contributed by atoms with Crippen molar-refractivity contribution < 1.29 is 9.72 Å². The molecule has 0 saturated heterocycles. The van der Waals surface area contributed by atoms with Crippen LogP contribution in [-0.4, -0.2) is 15.8 Å². The molecule has 0 bridgehead atoms. The van der Waals surface area contributed by atoms with E-state index in [4.69, 9.17) is 11.6 Å². The summed E-state index contributed by atoms with van der Waals surface area (Å²) in [6.45, 7) is 2.18. The van der Waals surface area contributed by atoms with Crippen molar-refractivity contribution in [3.05, 3.63) is 79.8 Å². The lowest BCUT2D eigenvalue weighted by atomic mass is 10.2. The van der Waals surface area contributed by atoms with Gasteiger partial charge in [0, 0.05) is 22.1 Å². The molecular weight excluding hydrogens is 374 g/mol. The van der Waals surface area contributed by atoms with Crippen LogP contribution in [0, 0.1) is 17.0 Å². The summed E-state index contributed by atoms with van der Waals surface area (Å²) in [6, 6.07) is 13.8. The highest BCUT2D eigenvalue weighted by molar-refractivity contribution is 7.15. The predicted octanol–water partition coefficient (Wildman–Crippen LogP) is 4.61. The molecule has 1 N–H and O–H groups in total. The third-order valence-electron chi connectivity index (χ3n) is 3.73. The van der Waals surface area contributed by atoms with Gasteiger partial charge in [0.15, 0.2) is 0 Å². The number of nitro groups is 1. The van der Waals surface area contributed by atoms with E-state index in [2.05, 4.69) is 10.3 Å². The van der Waals surface area contributed by atoms with Crippen molar-refractivity contribution >= 4 is 34.5 Å². The van der Waals surface area contributed by atoms with Crippen LogP contribution in [-0.2, 0) is 6.54 Å². The Kier molecular flexibility index (Phi) is 5.29. The first kappa shape index (κ1) is 18.0. The SMILES string of the molecule is Cc1nc(-c2ccccc2)sc1CNC(=O)c1ccc(Cl)c([N+](=O)[O-])c1. The van der Waals surface area contributed by atoms with Crippen molar-refractivity contribution in [2.24, 2.45) is 0 Å². The summed E-state index contributed by atoms with van der Waals surface area (Å²) < 4.78 is 0. The molecule has 2 aromatic carbocycles. The number of hydrogen-bond donors (Lipinski definition) is 1. The van der Waals surface area contributed by atoms with E-state index in [1.807, 2.05) is 37.3 Å². The van der Waals surface area contributed by atoms with E-state index in [9.17, 15) is 14.9 Å². The van der Waals surface area contributed by atoms with Gasteiger partial charge in [-0.25, -0.2) is 4.98 Å². The molecule has 132 valence electrons. The number of thiazole rings is 1. The molecular formula is C18H14ClN3O3S. The number of aromatic nitrogens is 1. The van der Waals surface area contributed by atoms with E-state index in [1.165, 1.54) is 29.5 Å². The molecule has 0 aliphatic rings. The molecule has 1 amide bonds. The van der Waals surface area contributed by atoms with Gasteiger partial charge in [0.1, 0.15) is 10.0 Å². The first-order valence-electron chi connectivity index (χ1n) is 7.69. The summed E-state index contributed by atoms with van der Waals surface area (Å²) in [6.07, 6.45) is 0. The maximum atomic E-state index is 12.3. The monoisotopic (exact) mass is 387 g/mol. The number of nitrogens with zero attached hydrogens (tertiary/aromatic N) is 2. The van der Waals surface area contributed by atoms with E-state index in [1.54, 1.807) is 0 Å². The lowest BCUT2D eigenvalue weighted by Crippen LogP contribution is -2.22. The van der Waals surface area contributed by atoms with E-state index in [0.29, 0.717) is 6.54 Å². The molecule has 1 aromatic heterocycles. The Morgan fingerprint density at radius 1 is 1.27 bits per heavy atom. The molecule has 0 aliphatic heterocycles. The van der Waals surface area contributed by atoms with Gasteiger partial charge in [-0.05, 0) is 19.1 Å².